The Kier molecular flexibility index (Phi) is 7.94. The number of carbonyl (C=O) groups excluding carboxylic acids is 4. The summed E-state index contributed by atoms with van der Waals surface area (Å²) in [5, 5.41) is 3.21. The van der Waals surface area contributed by atoms with Gasteiger partial charge in [0, 0.05) is 35.0 Å². The molecule has 2 bridgehead atoms. The quantitative estimate of drug-likeness (QED) is 0.166. The summed E-state index contributed by atoms with van der Waals surface area (Å²) in [6.07, 6.45) is 1.94. The van der Waals surface area contributed by atoms with Crippen LogP contribution in [0.15, 0.2) is 65.1 Å². The zero-order chi connectivity index (χ0) is 29.5. The molecule has 4 aliphatic rings. The lowest BCUT2D eigenvalue weighted by molar-refractivity contribution is -0.147. The summed E-state index contributed by atoms with van der Waals surface area (Å²) in [6.45, 7) is 1.73. The van der Waals surface area contributed by atoms with E-state index in [1.807, 2.05) is 24.3 Å². The normalized spacial score (nSPS) is 21.5. The molecule has 7 rings (SSSR count). The van der Waals surface area contributed by atoms with E-state index in [9.17, 15) is 19.2 Å². The molecule has 1 fully saturated rings. The number of hydrogen-bond acceptors (Lipinski definition) is 5. The molecule has 0 unspecified atom stereocenters. The number of ether oxygens (including phenoxy) is 1. The number of carbonyl (C=O) groups is 4. The predicted molar refractivity (Wildman–Crippen MR) is 162 cm³/mol. The highest BCUT2D eigenvalue weighted by molar-refractivity contribution is 9.10. The molecule has 1 heterocycles. The maximum absolute atomic E-state index is 13.7. The van der Waals surface area contributed by atoms with Crippen LogP contribution in [-0.4, -0.2) is 41.7 Å². The molecule has 1 aliphatic heterocycles. The second-order valence-electron chi connectivity index (χ2n) is 11.1. The Morgan fingerprint density at radius 1 is 0.857 bits per heavy atom. The Balaban J connectivity index is 0.992. The van der Waals surface area contributed by atoms with E-state index >= 15 is 0 Å². The molecule has 0 spiro atoms. The summed E-state index contributed by atoms with van der Waals surface area (Å²) in [6, 6.07) is 19.9. The van der Waals surface area contributed by atoms with Crippen molar-refractivity contribution in [1.29, 1.82) is 0 Å². The van der Waals surface area contributed by atoms with Gasteiger partial charge in [0.15, 0.2) is 6.61 Å². The number of amides is 3. The summed E-state index contributed by atoms with van der Waals surface area (Å²) >= 11 is 9.53. The molecule has 216 valence electrons. The van der Waals surface area contributed by atoms with Crippen molar-refractivity contribution in [2.75, 3.05) is 18.5 Å². The second kappa shape index (κ2) is 11.7. The third kappa shape index (κ3) is 4.94. The predicted octanol–water partition coefficient (Wildman–Crippen LogP) is 6.35. The summed E-state index contributed by atoms with van der Waals surface area (Å²) in [5.74, 6) is -2.04. The minimum Gasteiger partial charge on any atom is -0.456 e. The van der Waals surface area contributed by atoms with Crippen LogP contribution in [0.1, 0.15) is 65.3 Å². The highest BCUT2D eigenvalue weighted by atomic mass is 79.9. The maximum Gasteiger partial charge on any atom is 0.306 e. The number of esters is 1. The molecule has 2 atom stereocenters. The minimum atomic E-state index is -0.470. The molecule has 9 heteroatoms. The van der Waals surface area contributed by atoms with Crippen LogP contribution in [0.2, 0.25) is 5.02 Å². The van der Waals surface area contributed by atoms with Gasteiger partial charge in [-0.25, -0.2) is 0 Å². The van der Waals surface area contributed by atoms with E-state index in [0.717, 1.165) is 26.7 Å². The number of halogens is 2. The van der Waals surface area contributed by atoms with Crippen LogP contribution < -0.4 is 5.32 Å². The fourth-order valence-electron chi connectivity index (χ4n) is 6.87. The summed E-state index contributed by atoms with van der Waals surface area (Å²) < 4.78 is 5.86. The topological polar surface area (TPSA) is 92.8 Å². The average molecular weight is 650 g/mol. The number of nitrogens with zero attached hydrogens (tertiary/aromatic N) is 1. The van der Waals surface area contributed by atoms with Crippen LogP contribution in [0.4, 0.5) is 5.69 Å². The van der Waals surface area contributed by atoms with Crippen LogP contribution in [-0.2, 0) is 23.9 Å². The lowest BCUT2D eigenvalue weighted by atomic mass is 9.55. The molecule has 0 aromatic heterocycles. The van der Waals surface area contributed by atoms with Crippen molar-refractivity contribution in [3.05, 3.63) is 98.0 Å². The molecule has 0 saturated carbocycles. The van der Waals surface area contributed by atoms with Gasteiger partial charge in [-0.2, -0.15) is 0 Å². The molecule has 3 aliphatic carbocycles. The molecule has 3 aromatic carbocycles. The third-order valence-electron chi connectivity index (χ3n) is 8.78. The van der Waals surface area contributed by atoms with Gasteiger partial charge in [-0.05, 0) is 75.6 Å². The molecule has 3 amide bonds. The maximum atomic E-state index is 13.7. The largest absolute Gasteiger partial charge is 0.456 e. The summed E-state index contributed by atoms with van der Waals surface area (Å²) in [7, 11) is 0. The first-order valence-corrected chi connectivity index (χ1v) is 15.4. The number of rotatable bonds is 9. The number of likely N-dealkylation sites (tertiary alicyclic amines) is 1. The van der Waals surface area contributed by atoms with Crippen LogP contribution in [0, 0.1) is 18.8 Å². The first-order chi connectivity index (χ1) is 20.3. The van der Waals surface area contributed by atoms with E-state index in [0.29, 0.717) is 42.1 Å². The average Bonchev–Trinajstić information content (AvgIpc) is 3.25. The van der Waals surface area contributed by atoms with E-state index in [1.54, 1.807) is 19.1 Å². The first-order valence-electron chi connectivity index (χ1n) is 14.2. The van der Waals surface area contributed by atoms with E-state index in [-0.39, 0.29) is 41.9 Å². The number of benzene rings is 3. The van der Waals surface area contributed by atoms with Crippen molar-refractivity contribution in [3.63, 3.8) is 0 Å². The van der Waals surface area contributed by atoms with Crippen molar-refractivity contribution in [2.24, 2.45) is 11.8 Å². The smallest absolute Gasteiger partial charge is 0.306 e. The van der Waals surface area contributed by atoms with Gasteiger partial charge >= 0.3 is 5.97 Å². The Hall–Kier alpha value is -3.49. The van der Waals surface area contributed by atoms with Gasteiger partial charge < -0.3 is 10.1 Å². The summed E-state index contributed by atoms with van der Waals surface area (Å²) in [4.78, 5) is 53.2. The van der Waals surface area contributed by atoms with Crippen LogP contribution in [0.5, 0.6) is 0 Å². The van der Waals surface area contributed by atoms with Crippen molar-refractivity contribution < 1.29 is 23.9 Å². The molecule has 1 N–H and O–H groups in total. The lowest BCUT2D eigenvalue weighted by Gasteiger charge is -2.45. The molecular formula is C33H30BrClN2O5. The lowest BCUT2D eigenvalue weighted by Crippen LogP contribution is -2.41. The number of imide groups is 1. The molecule has 0 radical (unpaired) electrons. The molecule has 1 saturated heterocycles. The van der Waals surface area contributed by atoms with Crippen molar-refractivity contribution >= 4 is 56.9 Å². The van der Waals surface area contributed by atoms with E-state index < -0.39 is 18.5 Å². The Labute approximate surface area is 257 Å². The van der Waals surface area contributed by atoms with Crippen LogP contribution in [0.25, 0.3) is 0 Å². The Morgan fingerprint density at radius 3 is 1.95 bits per heavy atom. The number of anilines is 1. The molecule has 3 aromatic rings. The number of nitrogens with one attached hydrogen (secondary N) is 1. The number of unbranched alkanes of at least 4 members (excludes halogenated alkanes) is 2. The molecular weight excluding hydrogens is 620 g/mol. The van der Waals surface area contributed by atoms with Gasteiger partial charge in [-0.3, -0.25) is 24.1 Å². The third-order valence-corrected chi connectivity index (χ3v) is 10.2. The molecule has 42 heavy (non-hydrogen) atoms. The highest BCUT2D eigenvalue weighted by Crippen LogP contribution is 2.60. The zero-order valence-electron chi connectivity index (χ0n) is 23.1. The van der Waals surface area contributed by atoms with E-state index in [1.165, 1.54) is 4.90 Å². The highest BCUT2D eigenvalue weighted by Gasteiger charge is 2.61. The van der Waals surface area contributed by atoms with Gasteiger partial charge in [0.05, 0.1) is 16.9 Å². The minimum absolute atomic E-state index is 0.0864. The van der Waals surface area contributed by atoms with Crippen LogP contribution >= 0.6 is 27.5 Å². The van der Waals surface area contributed by atoms with Gasteiger partial charge in [0.1, 0.15) is 0 Å². The van der Waals surface area contributed by atoms with E-state index in [4.69, 9.17) is 16.3 Å². The van der Waals surface area contributed by atoms with Gasteiger partial charge in [0.25, 0.3) is 5.91 Å². The Morgan fingerprint density at radius 2 is 1.40 bits per heavy atom. The fourth-order valence-corrected chi connectivity index (χ4v) is 7.46. The standard InChI is InChI=1S/C33H30BrClN2O5/c1-18-24(15-14-23(34)31(18)35)36-25(38)17-42-26(39)13-3-2-8-16-37-32(40)29-27-19-9-4-5-10-20(19)28(30(29)33(37)41)22-12-7-6-11-21(22)27/h4-7,9-12,14-15,27-30H,2-3,8,13,16-17H2,1H3,(H,36,38)/t27?,28?,29-,30+. The van der Waals surface area contributed by atoms with Gasteiger partial charge in [-0.1, -0.05) is 66.6 Å². The summed E-state index contributed by atoms with van der Waals surface area (Å²) in [5.41, 5.74) is 5.90. The number of hydrogen-bond donors (Lipinski definition) is 1. The fraction of sp³-hybridized carbons (Fsp3) is 0.333. The monoisotopic (exact) mass is 648 g/mol. The van der Waals surface area contributed by atoms with E-state index in [2.05, 4.69) is 45.5 Å². The zero-order valence-corrected chi connectivity index (χ0v) is 25.4. The molecule has 7 nitrogen and oxygen atoms in total. The van der Waals surface area contributed by atoms with Crippen molar-refractivity contribution in [2.45, 2.75) is 44.4 Å². The van der Waals surface area contributed by atoms with Gasteiger partial charge in [-0.15, -0.1) is 0 Å². The van der Waals surface area contributed by atoms with Crippen LogP contribution in [0.3, 0.4) is 0 Å². The first kappa shape index (κ1) is 28.6. The second-order valence-corrected chi connectivity index (χ2v) is 12.4. The SMILES string of the molecule is Cc1c(NC(=O)COC(=O)CCCCCN2C(=O)[C@@H]3C4c5ccccc5C(c5ccccc54)[C@@H]3C2=O)ccc(Br)c1Cl. The van der Waals surface area contributed by atoms with Crippen molar-refractivity contribution in [1.82, 2.24) is 4.90 Å². The van der Waals surface area contributed by atoms with Gasteiger partial charge in [0.2, 0.25) is 11.8 Å². The van der Waals surface area contributed by atoms with Crippen molar-refractivity contribution in [3.8, 4) is 0 Å². The Bertz CT molecular complexity index is 1490.